The number of hydrogen-bond acceptors (Lipinski definition) is 3. The van der Waals surface area contributed by atoms with Crippen molar-refractivity contribution >= 4 is 11.9 Å². The minimum absolute atomic E-state index is 0.0666. The van der Waals surface area contributed by atoms with E-state index in [0.717, 1.165) is 24.2 Å². The zero-order valence-electron chi connectivity index (χ0n) is 14.9. The Hall–Kier alpha value is -2.59. The fourth-order valence-electron chi connectivity index (χ4n) is 3.10. The molecule has 0 unspecified atom stereocenters. The standard InChI is InChI=1S/C21H23NO3/c1-4-22(5-2)13-17-18(23)11-10-16-20(24)19(25-21(16)17)12-15-9-7-6-8-14(15)3/h6-12,23H,4-5,13H2,1-3H3. The van der Waals surface area contributed by atoms with Gasteiger partial charge >= 0.3 is 0 Å². The van der Waals surface area contributed by atoms with Crippen molar-refractivity contribution < 1.29 is 19.5 Å². The van der Waals surface area contributed by atoms with Gasteiger partial charge in [0.05, 0.1) is 18.7 Å². The normalized spacial score (nSPS) is 14.9. The molecule has 4 nitrogen and oxygen atoms in total. The number of allylic oxidation sites excluding steroid dienone is 1. The summed E-state index contributed by atoms with van der Waals surface area (Å²) in [6.45, 7) is 8.56. The zero-order chi connectivity index (χ0) is 18.0. The molecule has 1 aliphatic rings. The Kier molecular flexibility index (Phi) is 4.91. The van der Waals surface area contributed by atoms with Gasteiger partial charge in [0.25, 0.3) is 0 Å². The lowest BCUT2D eigenvalue weighted by Crippen LogP contribution is -3.10. The average molecular weight is 337 g/mol. The first kappa shape index (κ1) is 17.2. The van der Waals surface area contributed by atoms with Crippen LogP contribution >= 0.6 is 0 Å². The van der Waals surface area contributed by atoms with Crippen LogP contribution in [0.3, 0.4) is 0 Å². The first-order valence-electron chi connectivity index (χ1n) is 8.71. The molecule has 4 heteroatoms. The Morgan fingerprint density at radius 3 is 2.52 bits per heavy atom. The first-order chi connectivity index (χ1) is 12.0. The van der Waals surface area contributed by atoms with Gasteiger partial charge in [-0.15, -0.1) is 0 Å². The zero-order valence-corrected chi connectivity index (χ0v) is 14.9. The van der Waals surface area contributed by atoms with Crippen molar-refractivity contribution in [3.8, 4) is 11.5 Å². The van der Waals surface area contributed by atoms with Crippen LogP contribution in [0.2, 0.25) is 0 Å². The van der Waals surface area contributed by atoms with Crippen LogP contribution in [0.15, 0.2) is 42.2 Å². The van der Waals surface area contributed by atoms with Gasteiger partial charge in [-0.2, -0.15) is 0 Å². The van der Waals surface area contributed by atoms with E-state index in [4.69, 9.17) is 4.74 Å². The minimum Gasteiger partial charge on any atom is -0.872 e. The molecule has 0 fully saturated rings. The summed E-state index contributed by atoms with van der Waals surface area (Å²) < 4.78 is 5.88. The van der Waals surface area contributed by atoms with E-state index in [0.29, 0.717) is 23.4 Å². The third-order valence-electron chi connectivity index (χ3n) is 4.80. The molecule has 0 bridgehead atoms. The number of hydrogen-bond donors (Lipinski definition) is 1. The van der Waals surface area contributed by atoms with Crippen LogP contribution in [0.5, 0.6) is 11.5 Å². The SMILES string of the molecule is CC[NH+](CC)Cc1c([O-])ccc2c1OC(=Cc1ccccc1C)C2=O. The molecule has 0 amide bonds. The van der Waals surface area contributed by atoms with E-state index in [-0.39, 0.29) is 17.3 Å². The fraction of sp³-hybridized carbons (Fsp3) is 0.286. The summed E-state index contributed by atoms with van der Waals surface area (Å²) in [5.74, 6) is 0.500. The van der Waals surface area contributed by atoms with Gasteiger partial charge in [0, 0.05) is 5.56 Å². The van der Waals surface area contributed by atoms with Gasteiger partial charge < -0.3 is 14.7 Å². The topological polar surface area (TPSA) is 53.8 Å². The lowest BCUT2D eigenvalue weighted by atomic mass is 10.0. The minimum atomic E-state index is -0.158. The maximum absolute atomic E-state index is 12.7. The molecule has 25 heavy (non-hydrogen) atoms. The van der Waals surface area contributed by atoms with E-state index in [1.165, 1.54) is 11.0 Å². The third-order valence-corrected chi connectivity index (χ3v) is 4.80. The van der Waals surface area contributed by atoms with Crippen molar-refractivity contribution in [2.75, 3.05) is 13.1 Å². The molecule has 0 atom stereocenters. The Balaban J connectivity index is 2.00. The van der Waals surface area contributed by atoms with Gasteiger partial charge in [0.2, 0.25) is 5.78 Å². The van der Waals surface area contributed by atoms with Gasteiger partial charge in [0.15, 0.2) is 5.76 Å². The van der Waals surface area contributed by atoms with Crippen molar-refractivity contribution in [2.45, 2.75) is 27.3 Å². The molecule has 0 aliphatic carbocycles. The highest BCUT2D eigenvalue weighted by Crippen LogP contribution is 2.38. The summed E-state index contributed by atoms with van der Waals surface area (Å²) >= 11 is 0. The van der Waals surface area contributed by atoms with Gasteiger partial charge in [-0.3, -0.25) is 4.79 Å². The quantitative estimate of drug-likeness (QED) is 0.850. The van der Waals surface area contributed by atoms with Crippen LogP contribution in [0.25, 0.3) is 6.08 Å². The summed E-state index contributed by atoms with van der Waals surface area (Å²) in [4.78, 5) is 14.0. The summed E-state index contributed by atoms with van der Waals surface area (Å²) in [6, 6.07) is 10.9. The molecule has 1 heterocycles. The number of nitrogens with one attached hydrogen (secondary N) is 1. The van der Waals surface area contributed by atoms with E-state index in [1.54, 1.807) is 12.1 Å². The second kappa shape index (κ2) is 7.11. The smallest absolute Gasteiger partial charge is 0.231 e. The van der Waals surface area contributed by atoms with Crippen LogP contribution in [0, 0.1) is 6.92 Å². The molecule has 0 saturated heterocycles. The first-order valence-corrected chi connectivity index (χ1v) is 8.71. The molecule has 0 saturated carbocycles. The van der Waals surface area contributed by atoms with Crippen molar-refractivity contribution in [1.82, 2.24) is 0 Å². The molecule has 130 valence electrons. The van der Waals surface area contributed by atoms with Crippen molar-refractivity contribution in [1.29, 1.82) is 0 Å². The van der Waals surface area contributed by atoms with Crippen molar-refractivity contribution in [3.63, 3.8) is 0 Å². The Morgan fingerprint density at radius 1 is 1.12 bits per heavy atom. The summed E-state index contributed by atoms with van der Waals surface area (Å²) in [5, 5.41) is 12.3. The van der Waals surface area contributed by atoms with Gasteiger partial charge in [0.1, 0.15) is 12.3 Å². The van der Waals surface area contributed by atoms with Crippen LogP contribution < -0.4 is 14.7 Å². The highest BCUT2D eigenvalue weighted by atomic mass is 16.5. The van der Waals surface area contributed by atoms with Crippen LogP contribution in [0.4, 0.5) is 0 Å². The molecular formula is C21H23NO3. The lowest BCUT2D eigenvalue weighted by Gasteiger charge is -2.21. The van der Waals surface area contributed by atoms with Gasteiger partial charge in [-0.25, -0.2) is 0 Å². The van der Waals surface area contributed by atoms with E-state index in [9.17, 15) is 9.90 Å². The predicted molar refractivity (Wildman–Crippen MR) is 95.8 cm³/mol. The number of quaternary nitrogens is 1. The number of aryl methyl sites for hydroxylation is 1. The molecular weight excluding hydrogens is 314 g/mol. The van der Waals surface area contributed by atoms with E-state index < -0.39 is 0 Å². The molecule has 1 aliphatic heterocycles. The largest absolute Gasteiger partial charge is 0.872 e. The average Bonchev–Trinajstić information content (AvgIpc) is 2.92. The van der Waals surface area contributed by atoms with Crippen LogP contribution in [0.1, 0.15) is 40.9 Å². The number of fused-ring (bicyclic) bond motifs is 1. The number of carbonyl (C=O) groups is 1. The predicted octanol–water partition coefficient (Wildman–Crippen LogP) is 2.11. The third kappa shape index (κ3) is 3.30. The highest BCUT2D eigenvalue weighted by Gasteiger charge is 2.30. The summed E-state index contributed by atoms with van der Waals surface area (Å²) in [5.41, 5.74) is 3.09. The van der Waals surface area contributed by atoms with Gasteiger partial charge in [-0.05, 0) is 44.0 Å². The fourth-order valence-corrected chi connectivity index (χ4v) is 3.10. The molecule has 3 rings (SSSR count). The summed E-state index contributed by atoms with van der Waals surface area (Å²) in [6.07, 6.45) is 1.76. The molecule has 0 aromatic heterocycles. The molecule has 0 radical (unpaired) electrons. The van der Waals surface area contributed by atoms with E-state index in [2.05, 4.69) is 13.8 Å². The van der Waals surface area contributed by atoms with Crippen LogP contribution in [-0.2, 0) is 6.54 Å². The Labute approximate surface area is 148 Å². The number of rotatable bonds is 5. The second-order valence-corrected chi connectivity index (χ2v) is 6.35. The van der Waals surface area contributed by atoms with E-state index >= 15 is 0 Å². The highest BCUT2D eigenvalue weighted by molar-refractivity contribution is 6.15. The maximum Gasteiger partial charge on any atom is 0.231 e. The Bertz CT molecular complexity index is 835. The number of Topliss-reactive ketones (excluding diaryl/α,β-unsaturated/α-hetero) is 1. The summed E-state index contributed by atoms with van der Waals surface area (Å²) in [7, 11) is 0. The molecule has 0 spiro atoms. The number of ether oxygens (including phenoxy) is 1. The van der Waals surface area contributed by atoms with Crippen molar-refractivity contribution in [2.24, 2.45) is 0 Å². The Morgan fingerprint density at radius 2 is 1.84 bits per heavy atom. The van der Waals surface area contributed by atoms with E-state index in [1.807, 2.05) is 31.2 Å². The van der Waals surface area contributed by atoms with Gasteiger partial charge in [-0.1, -0.05) is 36.1 Å². The second-order valence-electron chi connectivity index (χ2n) is 6.35. The molecule has 2 aromatic carbocycles. The molecule has 2 aromatic rings. The van der Waals surface area contributed by atoms with Crippen LogP contribution in [-0.4, -0.2) is 18.9 Å². The van der Waals surface area contributed by atoms with Crippen molar-refractivity contribution in [3.05, 3.63) is 64.4 Å². The maximum atomic E-state index is 12.7. The monoisotopic (exact) mass is 337 g/mol. The molecule has 1 N–H and O–H groups in total. The number of benzene rings is 2. The number of ketones is 1. The number of carbonyl (C=O) groups excluding carboxylic acids is 1. The lowest BCUT2D eigenvalue weighted by molar-refractivity contribution is -0.910.